The summed E-state index contributed by atoms with van der Waals surface area (Å²) in [5.41, 5.74) is 0. The first-order chi connectivity index (χ1) is 22.0. The molecule has 262 valence electrons. The molecule has 1 fully saturated rings. The Balaban J connectivity index is 2.17. The molecule has 45 heavy (non-hydrogen) atoms. The van der Waals surface area contributed by atoms with Crippen molar-refractivity contribution in [3.8, 4) is 0 Å². The number of ether oxygens (including phenoxy) is 3. The molecule has 1 heterocycles. The SMILES string of the molecule is CCCCCCC=CCCCCCCCC(=O)O[C@H]1[C@@H]([C@@H](CO)OC(=O)CCCCCCCC=CCCCCCC)OC[C@@H]1O. The van der Waals surface area contributed by atoms with E-state index >= 15 is 0 Å². The van der Waals surface area contributed by atoms with Crippen molar-refractivity contribution in [3.63, 3.8) is 0 Å². The smallest absolute Gasteiger partial charge is 0.306 e. The standard InChI is InChI=1S/C38H68O7/c1-3-5-7-9-11-13-15-17-19-21-23-25-27-29-35(41)44-34(31-39)38-37(33(40)32-43-38)45-36(42)30-28-26-24-22-20-18-16-14-12-10-8-6-4-2/h13-16,33-34,37-40H,3-12,17-32H2,1-2H3/t33-,34+,37+,38+/m0/s1. The summed E-state index contributed by atoms with van der Waals surface area (Å²) in [6.45, 7) is 3.98. The molecule has 4 atom stereocenters. The monoisotopic (exact) mass is 636 g/mol. The summed E-state index contributed by atoms with van der Waals surface area (Å²) in [5, 5.41) is 20.3. The quantitative estimate of drug-likeness (QED) is 0.0461. The lowest BCUT2D eigenvalue weighted by atomic mass is 10.1. The largest absolute Gasteiger partial charge is 0.457 e. The van der Waals surface area contributed by atoms with Crippen molar-refractivity contribution in [2.75, 3.05) is 13.2 Å². The van der Waals surface area contributed by atoms with Gasteiger partial charge in [-0.3, -0.25) is 9.59 Å². The van der Waals surface area contributed by atoms with Crippen LogP contribution in [0.4, 0.5) is 0 Å². The second kappa shape index (κ2) is 29.7. The van der Waals surface area contributed by atoms with E-state index in [1.54, 1.807) is 0 Å². The average molecular weight is 637 g/mol. The van der Waals surface area contributed by atoms with Crippen molar-refractivity contribution in [3.05, 3.63) is 24.3 Å². The van der Waals surface area contributed by atoms with Crippen LogP contribution in [0.5, 0.6) is 0 Å². The Morgan fingerprint density at radius 1 is 0.667 bits per heavy atom. The van der Waals surface area contributed by atoms with Crippen molar-refractivity contribution in [1.29, 1.82) is 0 Å². The van der Waals surface area contributed by atoms with E-state index in [2.05, 4.69) is 38.2 Å². The second-order valence-corrected chi connectivity index (χ2v) is 12.8. The highest BCUT2D eigenvalue weighted by Crippen LogP contribution is 2.24. The maximum absolute atomic E-state index is 12.5. The van der Waals surface area contributed by atoms with Crippen LogP contribution in [0.1, 0.15) is 168 Å². The normalized spacial score (nSPS) is 19.1. The zero-order valence-corrected chi connectivity index (χ0v) is 28.9. The second-order valence-electron chi connectivity index (χ2n) is 12.8. The van der Waals surface area contributed by atoms with Crippen molar-refractivity contribution in [2.24, 2.45) is 0 Å². The number of unbranched alkanes of at least 4 members (excludes halogenated alkanes) is 18. The molecular weight excluding hydrogens is 568 g/mol. The van der Waals surface area contributed by atoms with Gasteiger partial charge < -0.3 is 24.4 Å². The summed E-state index contributed by atoms with van der Waals surface area (Å²) < 4.78 is 16.7. The fourth-order valence-electron chi connectivity index (χ4n) is 5.70. The molecule has 0 aromatic carbocycles. The van der Waals surface area contributed by atoms with Gasteiger partial charge in [-0.1, -0.05) is 115 Å². The van der Waals surface area contributed by atoms with Crippen molar-refractivity contribution in [2.45, 2.75) is 192 Å². The summed E-state index contributed by atoms with van der Waals surface area (Å²) in [5.74, 6) is -0.802. The van der Waals surface area contributed by atoms with Crippen LogP contribution >= 0.6 is 0 Å². The van der Waals surface area contributed by atoms with Crippen LogP contribution in [0.15, 0.2) is 24.3 Å². The van der Waals surface area contributed by atoms with Crippen LogP contribution < -0.4 is 0 Å². The number of aliphatic hydroxyl groups is 2. The van der Waals surface area contributed by atoms with Crippen LogP contribution in [0, 0.1) is 0 Å². The van der Waals surface area contributed by atoms with Crippen LogP contribution in [-0.4, -0.2) is 59.8 Å². The van der Waals surface area contributed by atoms with Gasteiger partial charge in [-0.15, -0.1) is 0 Å². The van der Waals surface area contributed by atoms with E-state index < -0.39 is 43.0 Å². The number of aliphatic hydroxyl groups excluding tert-OH is 2. The van der Waals surface area contributed by atoms with Crippen LogP contribution in [0.25, 0.3) is 0 Å². The Morgan fingerprint density at radius 3 is 1.56 bits per heavy atom. The molecule has 0 bridgehead atoms. The topological polar surface area (TPSA) is 102 Å². The molecule has 0 aromatic heterocycles. The van der Waals surface area contributed by atoms with E-state index in [1.807, 2.05) is 0 Å². The minimum atomic E-state index is -1.01. The molecule has 0 spiro atoms. The van der Waals surface area contributed by atoms with Gasteiger partial charge in [-0.2, -0.15) is 0 Å². The highest BCUT2D eigenvalue weighted by atomic mass is 16.6. The molecule has 0 amide bonds. The molecule has 1 saturated heterocycles. The lowest BCUT2D eigenvalue weighted by Gasteiger charge is -2.27. The fourth-order valence-corrected chi connectivity index (χ4v) is 5.70. The van der Waals surface area contributed by atoms with Gasteiger partial charge in [0.2, 0.25) is 0 Å². The Bertz CT molecular complexity index is 765. The Labute approximate surface area is 275 Å². The predicted octanol–water partition coefficient (Wildman–Crippen LogP) is 9.08. The third-order valence-corrected chi connectivity index (χ3v) is 8.54. The first-order valence-corrected chi connectivity index (χ1v) is 18.6. The minimum absolute atomic E-state index is 0.0299. The van der Waals surface area contributed by atoms with Crippen LogP contribution in [0.2, 0.25) is 0 Å². The molecule has 0 radical (unpaired) electrons. The molecule has 0 unspecified atom stereocenters. The Hall–Kier alpha value is -1.70. The Kier molecular flexibility index (Phi) is 27.3. The highest BCUT2D eigenvalue weighted by molar-refractivity contribution is 5.70. The summed E-state index contributed by atoms with van der Waals surface area (Å²) in [4.78, 5) is 25.0. The van der Waals surface area contributed by atoms with Crippen molar-refractivity contribution in [1.82, 2.24) is 0 Å². The summed E-state index contributed by atoms with van der Waals surface area (Å²) in [6.07, 6.45) is 31.1. The molecule has 2 N–H and O–H groups in total. The van der Waals surface area contributed by atoms with E-state index in [4.69, 9.17) is 14.2 Å². The molecule has 1 rings (SSSR count). The van der Waals surface area contributed by atoms with Crippen LogP contribution in [0.3, 0.4) is 0 Å². The van der Waals surface area contributed by atoms with E-state index in [0.717, 1.165) is 64.2 Å². The average Bonchev–Trinajstić information content (AvgIpc) is 3.39. The first-order valence-electron chi connectivity index (χ1n) is 18.6. The number of allylic oxidation sites excluding steroid dienone is 4. The number of rotatable bonds is 30. The molecule has 0 aliphatic carbocycles. The van der Waals surface area contributed by atoms with Gasteiger partial charge in [0, 0.05) is 12.8 Å². The molecule has 0 aromatic rings. The number of carbonyl (C=O) groups excluding carboxylic acids is 2. The number of esters is 2. The molecular formula is C38H68O7. The third-order valence-electron chi connectivity index (χ3n) is 8.54. The summed E-state index contributed by atoms with van der Waals surface area (Å²) >= 11 is 0. The molecule has 0 saturated carbocycles. The summed E-state index contributed by atoms with van der Waals surface area (Å²) in [6, 6.07) is 0. The van der Waals surface area contributed by atoms with E-state index in [1.165, 1.54) is 77.0 Å². The lowest BCUT2D eigenvalue weighted by Crippen LogP contribution is -2.45. The first kappa shape index (κ1) is 41.3. The van der Waals surface area contributed by atoms with Gasteiger partial charge in [0.1, 0.15) is 12.2 Å². The predicted molar refractivity (Wildman–Crippen MR) is 183 cm³/mol. The summed E-state index contributed by atoms with van der Waals surface area (Å²) in [7, 11) is 0. The van der Waals surface area contributed by atoms with Gasteiger partial charge in [0.15, 0.2) is 12.2 Å². The maximum atomic E-state index is 12.5. The Morgan fingerprint density at radius 2 is 1.09 bits per heavy atom. The maximum Gasteiger partial charge on any atom is 0.306 e. The van der Waals surface area contributed by atoms with Gasteiger partial charge in [-0.05, 0) is 64.2 Å². The van der Waals surface area contributed by atoms with E-state index in [9.17, 15) is 19.8 Å². The molecule has 7 heteroatoms. The van der Waals surface area contributed by atoms with Gasteiger partial charge in [-0.25, -0.2) is 0 Å². The minimum Gasteiger partial charge on any atom is -0.457 e. The number of hydrogen-bond donors (Lipinski definition) is 2. The molecule has 7 nitrogen and oxygen atoms in total. The van der Waals surface area contributed by atoms with E-state index in [0.29, 0.717) is 0 Å². The number of hydrogen-bond acceptors (Lipinski definition) is 7. The zero-order valence-electron chi connectivity index (χ0n) is 28.9. The van der Waals surface area contributed by atoms with Crippen molar-refractivity contribution < 1.29 is 34.0 Å². The highest BCUT2D eigenvalue weighted by Gasteiger charge is 2.45. The van der Waals surface area contributed by atoms with Gasteiger partial charge in [0.05, 0.1) is 13.2 Å². The molecule has 1 aliphatic heterocycles. The van der Waals surface area contributed by atoms with Gasteiger partial charge >= 0.3 is 11.9 Å². The number of carbonyl (C=O) groups is 2. The van der Waals surface area contributed by atoms with Crippen molar-refractivity contribution >= 4 is 11.9 Å². The fraction of sp³-hybridized carbons (Fsp3) is 0.842. The van der Waals surface area contributed by atoms with Gasteiger partial charge in [0.25, 0.3) is 0 Å². The molecule has 1 aliphatic rings. The third kappa shape index (κ3) is 22.5. The van der Waals surface area contributed by atoms with Crippen LogP contribution in [-0.2, 0) is 23.8 Å². The van der Waals surface area contributed by atoms with E-state index in [-0.39, 0.29) is 19.4 Å². The zero-order chi connectivity index (χ0) is 32.8. The lowest BCUT2D eigenvalue weighted by molar-refractivity contribution is -0.171.